The van der Waals surface area contributed by atoms with Crippen molar-refractivity contribution in [2.45, 2.75) is 46.1 Å². The number of nitrogens with zero attached hydrogens (tertiary/aromatic N) is 3. The van der Waals surface area contributed by atoms with Gasteiger partial charge >= 0.3 is 5.97 Å². The normalized spacial score (nSPS) is 17.3. The summed E-state index contributed by atoms with van der Waals surface area (Å²) >= 11 is 0. The van der Waals surface area contributed by atoms with E-state index in [-0.39, 0.29) is 23.9 Å². The molecule has 26 heavy (non-hydrogen) atoms. The molecule has 1 fully saturated rings. The Bertz CT molecular complexity index is 824. The van der Waals surface area contributed by atoms with Crippen molar-refractivity contribution >= 4 is 11.9 Å². The summed E-state index contributed by atoms with van der Waals surface area (Å²) in [7, 11) is 0. The first kappa shape index (κ1) is 18.2. The van der Waals surface area contributed by atoms with Gasteiger partial charge in [0.05, 0.1) is 11.3 Å². The Kier molecular flexibility index (Phi) is 5.11. The van der Waals surface area contributed by atoms with E-state index in [0.717, 1.165) is 41.9 Å². The van der Waals surface area contributed by atoms with Crippen molar-refractivity contribution in [2.24, 2.45) is 0 Å². The van der Waals surface area contributed by atoms with E-state index >= 15 is 0 Å². The molecule has 138 valence electrons. The van der Waals surface area contributed by atoms with Crippen molar-refractivity contribution in [1.29, 1.82) is 0 Å². The van der Waals surface area contributed by atoms with Gasteiger partial charge in [-0.1, -0.05) is 12.1 Å². The lowest BCUT2D eigenvalue weighted by atomic mass is 9.90. The van der Waals surface area contributed by atoms with Crippen molar-refractivity contribution in [3.05, 3.63) is 52.3 Å². The molecule has 1 aliphatic rings. The number of likely N-dealkylation sites (tertiary alicyclic amines) is 1. The molecule has 0 aliphatic carbocycles. The lowest BCUT2D eigenvalue weighted by Crippen LogP contribution is -2.41. The molecule has 1 aromatic carbocycles. The summed E-state index contributed by atoms with van der Waals surface area (Å²) in [5.41, 5.74) is 4.51. The highest BCUT2D eigenvalue weighted by Gasteiger charge is 2.25. The highest BCUT2D eigenvalue weighted by molar-refractivity contribution is 5.87. The number of carbonyl (C=O) groups is 2. The van der Waals surface area contributed by atoms with Gasteiger partial charge < -0.3 is 10.0 Å². The van der Waals surface area contributed by atoms with Gasteiger partial charge in [-0.15, -0.1) is 0 Å². The Hall–Kier alpha value is -2.63. The van der Waals surface area contributed by atoms with Crippen molar-refractivity contribution < 1.29 is 14.7 Å². The second kappa shape index (κ2) is 7.32. The molecule has 1 aromatic heterocycles. The average molecular weight is 355 g/mol. The van der Waals surface area contributed by atoms with Crippen LogP contribution in [0.2, 0.25) is 0 Å². The molecule has 6 nitrogen and oxygen atoms in total. The third-order valence-corrected chi connectivity index (χ3v) is 5.43. The Labute approximate surface area is 153 Å². The van der Waals surface area contributed by atoms with Gasteiger partial charge in [0, 0.05) is 24.7 Å². The molecular weight excluding hydrogens is 330 g/mol. The van der Waals surface area contributed by atoms with E-state index in [1.54, 1.807) is 16.8 Å². The number of carbonyl (C=O) groups excluding carboxylic acids is 1. The SMILES string of the molecule is Cc1nn(CC(=O)N2CCC[C@H](c3ccc(C(=O)O)cc3)C2)c(C)c1C. The van der Waals surface area contributed by atoms with Crippen LogP contribution in [0.15, 0.2) is 24.3 Å². The predicted molar refractivity (Wildman–Crippen MR) is 98.4 cm³/mol. The van der Waals surface area contributed by atoms with Crippen LogP contribution in [0.3, 0.4) is 0 Å². The number of benzene rings is 1. The number of aromatic carboxylic acids is 1. The maximum atomic E-state index is 12.7. The maximum absolute atomic E-state index is 12.7. The quantitative estimate of drug-likeness (QED) is 0.915. The van der Waals surface area contributed by atoms with Crippen LogP contribution >= 0.6 is 0 Å². The number of carboxylic acid groups (broad SMARTS) is 1. The summed E-state index contributed by atoms with van der Waals surface area (Å²) < 4.78 is 1.79. The minimum absolute atomic E-state index is 0.0856. The molecule has 0 saturated carbocycles. The molecule has 2 heterocycles. The third-order valence-electron chi connectivity index (χ3n) is 5.43. The molecule has 1 N–H and O–H groups in total. The zero-order chi connectivity index (χ0) is 18.8. The lowest BCUT2D eigenvalue weighted by molar-refractivity contribution is -0.133. The van der Waals surface area contributed by atoms with Crippen LogP contribution in [-0.2, 0) is 11.3 Å². The second-order valence-electron chi connectivity index (χ2n) is 7.06. The van der Waals surface area contributed by atoms with Crippen LogP contribution in [0, 0.1) is 20.8 Å². The number of carboxylic acids is 1. The van der Waals surface area contributed by atoms with E-state index < -0.39 is 5.97 Å². The predicted octanol–water partition coefficient (Wildman–Crippen LogP) is 2.91. The third kappa shape index (κ3) is 3.64. The number of hydrogen-bond donors (Lipinski definition) is 1. The van der Waals surface area contributed by atoms with Gasteiger partial charge in [0.15, 0.2) is 0 Å². The number of hydrogen-bond acceptors (Lipinski definition) is 3. The summed E-state index contributed by atoms with van der Waals surface area (Å²) in [5, 5.41) is 13.5. The van der Waals surface area contributed by atoms with E-state index in [1.165, 1.54) is 0 Å². The van der Waals surface area contributed by atoms with Gasteiger partial charge in [0.1, 0.15) is 6.54 Å². The molecular formula is C20H25N3O3. The highest BCUT2D eigenvalue weighted by atomic mass is 16.4. The summed E-state index contributed by atoms with van der Waals surface area (Å²) in [6, 6.07) is 7.01. The first-order valence-electron chi connectivity index (χ1n) is 8.98. The van der Waals surface area contributed by atoms with E-state index in [9.17, 15) is 9.59 Å². The molecule has 6 heteroatoms. The molecule has 0 unspecified atom stereocenters. The van der Waals surface area contributed by atoms with Gasteiger partial charge in [0.25, 0.3) is 0 Å². The van der Waals surface area contributed by atoms with Gasteiger partial charge in [0.2, 0.25) is 5.91 Å². The fourth-order valence-corrected chi connectivity index (χ4v) is 3.54. The largest absolute Gasteiger partial charge is 0.478 e. The van der Waals surface area contributed by atoms with Crippen LogP contribution in [0.1, 0.15) is 51.6 Å². The summed E-state index contributed by atoms with van der Waals surface area (Å²) in [5.74, 6) is -0.586. The van der Waals surface area contributed by atoms with Gasteiger partial charge in [-0.25, -0.2) is 4.79 Å². The van der Waals surface area contributed by atoms with Crippen molar-refractivity contribution in [2.75, 3.05) is 13.1 Å². The van der Waals surface area contributed by atoms with Crippen molar-refractivity contribution in [3.63, 3.8) is 0 Å². The van der Waals surface area contributed by atoms with Crippen LogP contribution in [-0.4, -0.2) is 44.8 Å². The first-order valence-corrected chi connectivity index (χ1v) is 8.98. The zero-order valence-corrected chi connectivity index (χ0v) is 15.5. The van der Waals surface area contributed by atoms with Gasteiger partial charge in [-0.05, 0) is 56.9 Å². The number of rotatable bonds is 4. The van der Waals surface area contributed by atoms with Gasteiger partial charge in [-0.2, -0.15) is 5.10 Å². The lowest BCUT2D eigenvalue weighted by Gasteiger charge is -2.33. The Morgan fingerprint density at radius 2 is 1.88 bits per heavy atom. The molecule has 0 spiro atoms. The Morgan fingerprint density at radius 3 is 2.46 bits per heavy atom. The van der Waals surface area contributed by atoms with Crippen LogP contribution in [0.25, 0.3) is 0 Å². The number of amides is 1. The topological polar surface area (TPSA) is 75.4 Å². The maximum Gasteiger partial charge on any atom is 0.335 e. The minimum atomic E-state index is -0.919. The summed E-state index contributed by atoms with van der Waals surface area (Å²) in [6.07, 6.45) is 1.96. The van der Waals surface area contributed by atoms with E-state index in [4.69, 9.17) is 5.11 Å². The number of aromatic nitrogens is 2. The smallest absolute Gasteiger partial charge is 0.335 e. The average Bonchev–Trinajstić information content (AvgIpc) is 2.88. The molecule has 2 aromatic rings. The van der Waals surface area contributed by atoms with Crippen LogP contribution in [0.5, 0.6) is 0 Å². The highest BCUT2D eigenvalue weighted by Crippen LogP contribution is 2.27. The Morgan fingerprint density at radius 1 is 1.19 bits per heavy atom. The molecule has 1 atom stereocenters. The molecule has 0 radical (unpaired) electrons. The van der Waals surface area contributed by atoms with Crippen molar-refractivity contribution in [3.8, 4) is 0 Å². The van der Waals surface area contributed by atoms with Crippen LogP contribution < -0.4 is 0 Å². The first-order chi connectivity index (χ1) is 12.4. The number of aryl methyl sites for hydroxylation is 1. The fraction of sp³-hybridized carbons (Fsp3) is 0.450. The fourth-order valence-electron chi connectivity index (χ4n) is 3.54. The van der Waals surface area contributed by atoms with Crippen LogP contribution in [0.4, 0.5) is 0 Å². The summed E-state index contributed by atoms with van der Waals surface area (Å²) in [4.78, 5) is 25.7. The molecule has 1 saturated heterocycles. The number of piperidine rings is 1. The van der Waals surface area contributed by atoms with E-state index in [2.05, 4.69) is 5.10 Å². The second-order valence-corrected chi connectivity index (χ2v) is 7.06. The molecule has 0 bridgehead atoms. The van der Waals surface area contributed by atoms with Crippen molar-refractivity contribution in [1.82, 2.24) is 14.7 Å². The minimum Gasteiger partial charge on any atom is -0.478 e. The molecule has 1 amide bonds. The van der Waals surface area contributed by atoms with Gasteiger partial charge in [-0.3, -0.25) is 9.48 Å². The Balaban J connectivity index is 1.68. The van der Waals surface area contributed by atoms with E-state index in [0.29, 0.717) is 6.54 Å². The molecule has 1 aliphatic heterocycles. The standard InChI is InChI=1S/C20H25N3O3/c1-13-14(2)21-23(15(13)3)12-19(24)22-10-4-5-18(11-22)16-6-8-17(9-7-16)20(25)26/h6-9,18H,4-5,10-12H2,1-3H3,(H,25,26)/t18-/m0/s1. The monoisotopic (exact) mass is 355 g/mol. The summed E-state index contributed by atoms with van der Waals surface area (Å²) in [6.45, 7) is 7.68. The van der Waals surface area contributed by atoms with E-state index in [1.807, 2.05) is 37.8 Å². The molecule has 3 rings (SSSR count). The zero-order valence-electron chi connectivity index (χ0n) is 15.5.